The molecule has 0 bridgehead atoms. The van der Waals surface area contributed by atoms with E-state index in [1.807, 2.05) is 61.5 Å². The normalized spacial score (nSPS) is 16.5. The van der Waals surface area contributed by atoms with E-state index in [0.717, 1.165) is 27.3 Å². The van der Waals surface area contributed by atoms with E-state index in [4.69, 9.17) is 26.1 Å². The number of hydrogen-bond donors (Lipinski definition) is 1. The number of carbonyl (C=O) groups excluding carboxylic acids is 1. The summed E-state index contributed by atoms with van der Waals surface area (Å²) in [6, 6.07) is 25.5. The van der Waals surface area contributed by atoms with Crippen LogP contribution in [0.15, 0.2) is 93.4 Å². The molecule has 0 saturated heterocycles. The fourth-order valence-electron chi connectivity index (χ4n) is 4.31. The minimum atomic E-state index is -0.624. The molecule has 0 spiro atoms. The van der Waals surface area contributed by atoms with Gasteiger partial charge in [0.25, 0.3) is 5.91 Å². The smallest absolute Gasteiger partial charge is 0.276 e. The molecule has 2 aliphatic heterocycles. The van der Waals surface area contributed by atoms with Crippen molar-refractivity contribution in [2.45, 2.75) is 25.8 Å². The molecular weight excluding hydrogens is 504 g/mol. The Bertz CT molecular complexity index is 1680. The molecule has 1 amide bonds. The van der Waals surface area contributed by atoms with E-state index in [1.165, 1.54) is 17.3 Å². The molecule has 37 heavy (non-hydrogen) atoms. The van der Waals surface area contributed by atoms with Gasteiger partial charge in [0.2, 0.25) is 6.17 Å². The molecule has 0 radical (unpaired) electrons. The lowest BCUT2D eigenvalue weighted by Gasteiger charge is -2.32. The summed E-state index contributed by atoms with van der Waals surface area (Å²) in [6.45, 7) is 4.02. The van der Waals surface area contributed by atoms with E-state index in [0.29, 0.717) is 33.2 Å². The second kappa shape index (κ2) is 9.57. The molecule has 3 heterocycles. The van der Waals surface area contributed by atoms with Gasteiger partial charge in [0.05, 0.1) is 5.36 Å². The molecule has 0 unspecified atom stereocenters. The number of nitrogens with zero attached hydrogens (tertiary/aromatic N) is 3. The molecule has 1 aromatic heterocycles. The first-order chi connectivity index (χ1) is 18.0. The maximum absolute atomic E-state index is 13.4. The van der Waals surface area contributed by atoms with Gasteiger partial charge in [0, 0.05) is 21.6 Å². The third-order valence-corrected chi connectivity index (χ3v) is 7.69. The van der Waals surface area contributed by atoms with Gasteiger partial charge in [-0.3, -0.25) is 10.1 Å². The number of aryl methyl sites for hydroxylation is 2. The Hall–Kier alpha value is -3.81. The molecule has 4 aromatic rings. The molecule has 6 nitrogen and oxygen atoms in total. The largest absolute Gasteiger partial charge is 0.457 e. The Balaban J connectivity index is 1.38. The predicted octanol–water partition coefficient (Wildman–Crippen LogP) is 5.29. The third-order valence-electron chi connectivity index (χ3n) is 6.35. The zero-order valence-corrected chi connectivity index (χ0v) is 21.8. The van der Waals surface area contributed by atoms with E-state index in [-0.39, 0.29) is 5.91 Å². The third kappa shape index (κ3) is 4.56. The number of para-hydroxylation sites is 1. The number of thioether (sulfide) groups is 1. The van der Waals surface area contributed by atoms with E-state index in [1.54, 1.807) is 5.01 Å². The first kappa shape index (κ1) is 23.6. The van der Waals surface area contributed by atoms with Gasteiger partial charge in [-0.1, -0.05) is 83.5 Å². The summed E-state index contributed by atoms with van der Waals surface area (Å²) in [5.41, 5.74) is 4.68. The molecule has 8 heteroatoms. The first-order valence-electron chi connectivity index (χ1n) is 11.9. The van der Waals surface area contributed by atoms with E-state index < -0.39 is 6.17 Å². The van der Waals surface area contributed by atoms with E-state index in [9.17, 15) is 4.79 Å². The Kier molecular flexibility index (Phi) is 6.10. The number of halogens is 1. The van der Waals surface area contributed by atoms with Gasteiger partial charge in [-0.25, -0.2) is 10.0 Å². The number of hydrazone groups is 1. The molecule has 1 N–H and O–H groups in total. The summed E-state index contributed by atoms with van der Waals surface area (Å²) in [7, 11) is 0. The van der Waals surface area contributed by atoms with Crippen molar-refractivity contribution in [3.63, 3.8) is 0 Å². The summed E-state index contributed by atoms with van der Waals surface area (Å²) in [5, 5.41) is 12.1. The second-order valence-corrected chi connectivity index (χ2v) is 10.4. The summed E-state index contributed by atoms with van der Waals surface area (Å²) < 4.78 is 6.26. The Morgan fingerprint density at radius 3 is 2.65 bits per heavy atom. The number of hydrogen-bond acceptors (Lipinski definition) is 6. The lowest BCUT2D eigenvalue weighted by atomic mass is 10.1. The SMILES string of the molecule is Cc1ccc(CSC2=NN3C(=c4ccccc4=N[C@H]3c3ccc(-c4ccc(C)c(Cl)c4)o3)C(=O)N2)cc1. The van der Waals surface area contributed by atoms with Crippen LogP contribution in [0, 0.1) is 13.8 Å². The summed E-state index contributed by atoms with van der Waals surface area (Å²) >= 11 is 7.82. The topological polar surface area (TPSA) is 70.2 Å². The minimum absolute atomic E-state index is 0.217. The highest BCUT2D eigenvalue weighted by Gasteiger charge is 2.36. The highest BCUT2D eigenvalue weighted by molar-refractivity contribution is 8.13. The second-order valence-electron chi connectivity index (χ2n) is 9.01. The lowest BCUT2D eigenvalue weighted by Crippen LogP contribution is -2.50. The number of fused-ring (bicyclic) bond motifs is 2. The molecule has 0 saturated carbocycles. The number of rotatable bonds is 4. The molecular formula is C29H23ClN4O2S. The molecule has 1 atom stereocenters. The van der Waals surface area contributed by atoms with Crippen LogP contribution >= 0.6 is 23.4 Å². The van der Waals surface area contributed by atoms with Crippen LogP contribution in [-0.2, 0) is 10.5 Å². The van der Waals surface area contributed by atoms with Crippen molar-refractivity contribution in [2.75, 3.05) is 0 Å². The van der Waals surface area contributed by atoms with E-state index in [2.05, 4.69) is 36.5 Å². The van der Waals surface area contributed by atoms with Gasteiger partial charge in [-0.05, 0) is 49.2 Å². The number of furan rings is 1. The van der Waals surface area contributed by atoms with Crippen LogP contribution in [0.2, 0.25) is 5.02 Å². The van der Waals surface area contributed by atoms with Crippen LogP contribution in [-0.4, -0.2) is 16.1 Å². The summed E-state index contributed by atoms with van der Waals surface area (Å²) in [5.74, 6) is 1.72. The number of benzene rings is 3. The molecule has 184 valence electrons. The average molecular weight is 527 g/mol. The van der Waals surface area contributed by atoms with Gasteiger partial charge in [-0.15, -0.1) is 5.10 Å². The zero-order valence-electron chi connectivity index (χ0n) is 20.2. The first-order valence-corrected chi connectivity index (χ1v) is 13.2. The number of carbonyl (C=O) groups is 1. The number of nitrogens with one attached hydrogen (secondary N) is 1. The molecule has 3 aromatic carbocycles. The Morgan fingerprint density at radius 2 is 1.84 bits per heavy atom. The van der Waals surface area contributed by atoms with Crippen LogP contribution in [0.1, 0.15) is 28.6 Å². The fourth-order valence-corrected chi connectivity index (χ4v) is 5.29. The number of amidine groups is 1. The highest BCUT2D eigenvalue weighted by atomic mass is 35.5. The highest BCUT2D eigenvalue weighted by Crippen LogP contribution is 2.35. The molecule has 6 rings (SSSR count). The van der Waals surface area contributed by atoms with Gasteiger partial charge in [-0.2, -0.15) is 0 Å². The summed E-state index contributed by atoms with van der Waals surface area (Å²) in [4.78, 5) is 18.3. The van der Waals surface area contributed by atoms with Crippen molar-refractivity contribution in [3.05, 3.63) is 117 Å². The van der Waals surface area contributed by atoms with Crippen LogP contribution in [0.3, 0.4) is 0 Å². The molecule has 2 aliphatic rings. The van der Waals surface area contributed by atoms with Gasteiger partial charge in [0.1, 0.15) is 11.5 Å². The number of amides is 1. The van der Waals surface area contributed by atoms with Crippen LogP contribution in [0.4, 0.5) is 0 Å². The van der Waals surface area contributed by atoms with Crippen molar-refractivity contribution in [3.8, 4) is 11.3 Å². The average Bonchev–Trinajstić information content (AvgIpc) is 3.39. The lowest BCUT2D eigenvalue weighted by molar-refractivity contribution is -0.116. The van der Waals surface area contributed by atoms with Crippen LogP contribution in [0.5, 0.6) is 0 Å². The zero-order chi connectivity index (χ0) is 25.5. The Morgan fingerprint density at radius 1 is 1.03 bits per heavy atom. The Labute approximate surface area is 223 Å². The van der Waals surface area contributed by atoms with E-state index >= 15 is 0 Å². The maximum atomic E-state index is 13.4. The minimum Gasteiger partial charge on any atom is -0.457 e. The van der Waals surface area contributed by atoms with Crippen molar-refractivity contribution in [1.82, 2.24) is 10.3 Å². The quantitative estimate of drug-likeness (QED) is 0.392. The van der Waals surface area contributed by atoms with Gasteiger partial charge >= 0.3 is 0 Å². The van der Waals surface area contributed by atoms with Crippen LogP contribution < -0.4 is 15.9 Å². The van der Waals surface area contributed by atoms with Crippen LogP contribution in [0.25, 0.3) is 17.0 Å². The van der Waals surface area contributed by atoms with Crippen molar-refractivity contribution in [1.29, 1.82) is 0 Å². The van der Waals surface area contributed by atoms with Crippen molar-refractivity contribution < 1.29 is 9.21 Å². The molecule has 0 fully saturated rings. The van der Waals surface area contributed by atoms with Gasteiger partial charge in [0.15, 0.2) is 10.9 Å². The summed E-state index contributed by atoms with van der Waals surface area (Å²) in [6.07, 6.45) is -0.624. The predicted molar refractivity (Wildman–Crippen MR) is 147 cm³/mol. The molecule has 0 aliphatic carbocycles. The maximum Gasteiger partial charge on any atom is 0.276 e. The van der Waals surface area contributed by atoms with Gasteiger partial charge < -0.3 is 4.42 Å². The van der Waals surface area contributed by atoms with Crippen molar-refractivity contribution in [2.24, 2.45) is 10.1 Å². The monoisotopic (exact) mass is 526 g/mol. The van der Waals surface area contributed by atoms with Crippen molar-refractivity contribution >= 4 is 40.1 Å². The standard InChI is InChI=1S/C29H23ClN4O2S/c1-17-7-10-19(11-8-17)16-37-29-32-28(35)26-21-5-3-4-6-23(21)31-27(34(26)33-29)25-14-13-24(36-25)20-12-9-18(2)22(30)15-20/h3-15,27H,16H2,1-2H3,(H,32,33,35)/t27-/m1/s1. The fraction of sp³-hybridized carbons (Fsp3) is 0.138.